The Morgan fingerprint density at radius 2 is 2.53 bits per heavy atom. The summed E-state index contributed by atoms with van der Waals surface area (Å²) in [6.45, 7) is 2.26. The van der Waals surface area contributed by atoms with Gasteiger partial charge >= 0.3 is 5.97 Å². The molecule has 1 aliphatic heterocycles. The van der Waals surface area contributed by atoms with Crippen molar-refractivity contribution in [3.05, 3.63) is 11.9 Å². The molecule has 1 aliphatic rings. The Hall–Kier alpha value is -1.47. The summed E-state index contributed by atoms with van der Waals surface area (Å²) in [6, 6.07) is -0.351. The Kier molecular flexibility index (Phi) is 3.70. The molecule has 0 radical (unpaired) electrons. The molecule has 1 aromatic rings. The molecule has 0 spiro atoms. The summed E-state index contributed by atoms with van der Waals surface area (Å²) in [6.07, 6.45) is 1.84. The SMILES string of the molecule is COC(=O)C1COCCN1Cc1cn(C)nn1. The van der Waals surface area contributed by atoms with Crippen LogP contribution in [0.1, 0.15) is 5.69 Å². The Morgan fingerprint density at radius 3 is 3.18 bits per heavy atom. The minimum atomic E-state index is -0.351. The summed E-state index contributed by atoms with van der Waals surface area (Å²) < 4.78 is 11.7. The van der Waals surface area contributed by atoms with Crippen LogP contribution in [0.2, 0.25) is 0 Å². The number of ether oxygens (including phenoxy) is 2. The van der Waals surface area contributed by atoms with Gasteiger partial charge in [0.25, 0.3) is 0 Å². The molecule has 7 heteroatoms. The maximum Gasteiger partial charge on any atom is 0.325 e. The van der Waals surface area contributed by atoms with Gasteiger partial charge in [0.15, 0.2) is 0 Å². The highest BCUT2D eigenvalue weighted by atomic mass is 16.5. The number of methoxy groups -OCH3 is 1. The molecule has 1 aromatic heterocycles. The Labute approximate surface area is 99.3 Å². The van der Waals surface area contributed by atoms with Crippen molar-refractivity contribution in [1.82, 2.24) is 19.9 Å². The summed E-state index contributed by atoms with van der Waals surface area (Å²) in [7, 11) is 3.20. The third-order valence-electron chi connectivity index (χ3n) is 2.73. The van der Waals surface area contributed by atoms with Crippen molar-refractivity contribution in [2.24, 2.45) is 7.05 Å². The lowest BCUT2D eigenvalue weighted by atomic mass is 10.2. The number of morpholine rings is 1. The van der Waals surface area contributed by atoms with Crippen LogP contribution in [0.15, 0.2) is 6.20 Å². The number of aromatic nitrogens is 3. The molecule has 1 fully saturated rings. The predicted octanol–water partition coefficient (Wildman–Crippen LogP) is -0.811. The van der Waals surface area contributed by atoms with E-state index < -0.39 is 0 Å². The number of carbonyl (C=O) groups excluding carboxylic acids is 1. The number of aryl methyl sites for hydroxylation is 1. The molecule has 0 bridgehead atoms. The first-order valence-corrected chi connectivity index (χ1v) is 5.45. The van der Waals surface area contributed by atoms with E-state index >= 15 is 0 Å². The van der Waals surface area contributed by atoms with E-state index in [1.807, 2.05) is 18.1 Å². The average molecular weight is 240 g/mol. The van der Waals surface area contributed by atoms with Gasteiger partial charge in [0.05, 0.1) is 26.0 Å². The lowest BCUT2D eigenvalue weighted by molar-refractivity contribution is -0.153. The van der Waals surface area contributed by atoms with E-state index in [9.17, 15) is 4.79 Å². The van der Waals surface area contributed by atoms with Crippen molar-refractivity contribution < 1.29 is 14.3 Å². The van der Waals surface area contributed by atoms with Crippen molar-refractivity contribution in [1.29, 1.82) is 0 Å². The van der Waals surface area contributed by atoms with Gasteiger partial charge in [-0.25, -0.2) is 0 Å². The summed E-state index contributed by atoms with van der Waals surface area (Å²) in [5.41, 5.74) is 0.836. The highest BCUT2D eigenvalue weighted by molar-refractivity contribution is 5.75. The molecule has 0 amide bonds. The van der Waals surface area contributed by atoms with E-state index in [2.05, 4.69) is 10.3 Å². The molecule has 94 valence electrons. The summed E-state index contributed by atoms with van der Waals surface area (Å²) in [5, 5.41) is 7.87. The molecule has 0 aliphatic carbocycles. The quantitative estimate of drug-likeness (QED) is 0.644. The summed E-state index contributed by atoms with van der Waals surface area (Å²) in [4.78, 5) is 13.6. The van der Waals surface area contributed by atoms with Gasteiger partial charge in [-0.05, 0) is 0 Å². The van der Waals surface area contributed by atoms with E-state index in [1.165, 1.54) is 7.11 Å². The van der Waals surface area contributed by atoms with Gasteiger partial charge in [-0.15, -0.1) is 5.10 Å². The zero-order valence-corrected chi connectivity index (χ0v) is 10.00. The van der Waals surface area contributed by atoms with Gasteiger partial charge in [-0.1, -0.05) is 5.21 Å². The largest absolute Gasteiger partial charge is 0.468 e. The average Bonchev–Trinajstić information content (AvgIpc) is 2.74. The number of carbonyl (C=O) groups is 1. The van der Waals surface area contributed by atoms with Crippen LogP contribution in [-0.4, -0.2) is 58.8 Å². The van der Waals surface area contributed by atoms with Crippen molar-refractivity contribution in [2.45, 2.75) is 12.6 Å². The molecule has 0 N–H and O–H groups in total. The van der Waals surface area contributed by atoms with Crippen LogP contribution in [0, 0.1) is 0 Å². The second-order valence-electron chi connectivity index (χ2n) is 3.97. The molecule has 2 rings (SSSR count). The van der Waals surface area contributed by atoms with E-state index in [4.69, 9.17) is 9.47 Å². The van der Waals surface area contributed by atoms with Gasteiger partial charge < -0.3 is 9.47 Å². The fourth-order valence-corrected chi connectivity index (χ4v) is 1.86. The maximum atomic E-state index is 11.6. The molecule has 2 heterocycles. The van der Waals surface area contributed by atoms with Gasteiger partial charge in [-0.2, -0.15) is 0 Å². The number of hydrogen-bond acceptors (Lipinski definition) is 6. The molecule has 17 heavy (non-hydrogen) atoms. The van der Waals surface area contributed by atoms with Crippen LogP contribution in [0.5, 0.6) is 0 Å². The van der Waals surface area contributed by atoms with Crippen LogP contribution in [-0.2, 0) is 27.9 Å². The zero-order chi connectivity index (χ0) is 12.3. The first-order chi connectivity index (χ1) is 8.20. The van der Waals surface area contributed by atoms with Gasteiger partial charge in [0.2, 0.25) is 0 Å². The standard InChI is InChI=1S/C10H16N4O3/c1-13-5-8(11-12-13)6-14-3-4-17-7-9(14)10(15)16-2/h5,9H,3-4,6-7H2,1-2H3. The van der Waals surface area contributed by atoms with Crippen LogP contribution >= 0.6 is 0 Å². The maximum absolute atomic E-state index is 11.6. The van der Waals surface area contributed by atoms with Gasteiger partial charge in [-0.3, -0.25) is 14.4 Å². The first-order valence-electron chi connectivity index (χ1n) is 5.45. The lowest BCUT2D eigenvalue weighted by Gasteiger charge is -2.32. The molecular weight excluding hydrogens is 224 g/mol. The second kappa shape index (κ2) is 5.24. The van der Waals surface area contributed by atoms with Gasteiger partial charge in [0, 0.05) is 26.3 Å². The second-order valence-corrected chi connectivity index (χ2v) is 3.97. The number of nitrogens with zero attached hydrogens (tertiary/aromatic N) is 4. The predicted molar refractivity (Wildman–Crippen MR) is 58.0 cm³/mol. The molecule has 7 nitrogen and oxygen atoms in total. The number of rotatable bonds is 3. The Morgan fingerprint density at radius 1 is 1.71 bits per heavy atom. The first kappa shape index (κ1) is 12.0. The van der Waals surface area contributed by atoms with Gasteiger partial charge in [0.1, 0.15) is 6.04 Å². The fraction of sp³-hybridized carbons (Fsp3) is 0.700. The van der Waals surface area contributed by atoms with Crippen LogP contribution in [0.25, 0.3) is 0 Å². The van der Waals surface area contributed by atoms with Crippen molar-refractivity contribution in [2.75, 3.05) is 26.9 Å². The van der Waals surface area contributed by atoms with Crippen molar-refractivity contribution in [3.8, 4) is 0 Å². The number of hydrogen-bond donors (Lipinski definition) is 0. The van der Waals surface area contributed by atoms with E-state index in [0.29, 0.717) is 26.3 Å². The third kappa shape index (κ3) is 2.80. The minimum Gasteiger partial charge on any atom is -0.468 e. The van der Waals surface area contributed by atoms with Crippen LogP contribution in [0.3, 0.4) is 0 Å². The van der Waals surface area contributed by atoms with E-state index in [1.54, 1.807) is 4.68 Å². The summed E-state index contributed by atoms with van der Waals surface area (Å²) >= 11 is 0. The lowest BCUT2D eigenvalue weighted by Crippen LogP contribution is -2.49. The fourth-order valence-electron chi connectivity index (χ4n) is 1.86. The van der Waals surface area contributed by atoms with E-state index in [0.717, 1.165) is 5.69 Å². The molecule has 1 atom stereocenters. The topological polar surface area (TPSA) is 69.5 Å². The monoisotopic (exact) mass is 240 g/mol. The molecular formula is C10H16N4O3. The van der Waals surface area contributed by atoms with Crippen molar-refractivity contribution >= 4 is 5.97 Å². The molecule has 0 aromatic carbocycles. The highest BCUT2D eigenvalue weighted by Gasteiger charge is 2.30. The zero-order valence-electron chi connectivity index (χ0n) is 10.00. The minimum absolute atomic E-state index is 0.270. The number of esters is 1. The Bertz CT molecular complexity index is 393. The smallest absolute Gasteiger partial charge is 0.325 e. The third-order valence-corrected chi connectivity index (χ3v) is 2.73. The normalized spacial score (nSPS) is 21.4. The van der Waals surface area contributed by atoms with Crippen molar-refractivity contribution in [3.63, 3.8) is 0 Å². The molecule has 1 unspecified atom stereocenters. The summed E-state index contributed by atoms with van der Waals surface area (Å²) in [5.74, 6) is -0.270. The van der Waals surface area contributed by atoms with E-state index in [-0.39, 0.29) is 12.0 Å². The molecule has 0 saturated carbocycles. The Balaban J connectivity index is 2.03. The van der Waals surface area contributed by atoms with Crippen LogP contribution in [0.4, 0.5) is 0 Å². The highest BCUT2D eigenvalue weighted by Crippen LogP contribution is 2.11. The van der Waals surface area contributed by atoms with Crippen LogP contribution < -0.4 is 0 Å². The molecule has 1 saturated heterocycles.